The van der Waals surface area contributed by atoms with Gasteiger partial charge in [0.05, 0.1) is 12.8 Å². The van der Waals surface area contributed by atoms with Gasteiger partial charge in [0.1, 0.15) is 0 Å². The van der Waals surface area contributed by atoms with Crippen LogP contribution < -0.4 is 0 Å². The lowest BCUT2D eigenvalue weighted by molar-refractivity contribution is -0.137. The maximum Gasteiger partial charge on any atom is 0.307 e. The van der Waals surface area contributed by atoms with Crippen molar-refractivity contribution < 1.29 is 19.8 Å². The summed E-state index contributed by atoms with van der Waals surface area (Å²) >= 11 is 5.80. The molecule has 1 aromatic rings. The van der Waals surface area contributed by atoms with Crippen LogP contribution >= 0.6 is 11.6 Å². The van der Waals surface area contributed by atoms with Crippen molar-refractivity contribution in [2.45, 2.75) is 12.8 Å². The second-order valence-electron chi connectivity index (χ2n) is 3.41. The fraction of sp³-hybridized carbons (Fsp3) is 0.167. The lowest BCUT2D eigenvalue weighted by atomic mass is 10.0. The number of hydrogen-bond donors (Lipinski definition) is 2. The number of hydrogen-bond acceptors (Lipinski definition) is 2. The van der Waals surface area contributed by atoms with Crippen LogP contribution in [0.3, 0.4) is 0 Å². The summed E-state index contributed by atoms with van der Waals surface area (Å²) in [7, 11) is 0. The predicted octanol–water partition coefficient (Wildman–Crippen LogP) is 2.46. The first kappa shape index (κ1) is 13.3. The van der Waals surface area contributed by atoms with Crippen LogP contribution in [0, 0.1) is 0 Å². The minimum Gasteiger partial charge on any atom is -0.481 e. The van der Waals surface area contributed by atoms with Gasteiger partial charge < -0.3 is 10.2 Å². The van der Waals surface area contributed by atoms with Gasteiger partial charge in [-0.1, -0.05) is 29.8 Å². The molecule has 1 aromatic carbocycles. The summed E-state index contributed by atoms with van der Waals surface area (Å²) in [6.07, 6.45) is 2.79. The van der Waals surface area contributed by atoms with Crippen molar-refractivity contribution in [1.82, 2.24) is 0 Å². The number of aliphatic carboxylic acids is 2. The standard InChI is InChI=1S/C12H11ClO4/c13-10-5-4-9(7-12(16)17)8(6-10)2-1-3-11(14)15/h1-2,4-6H,3,7H2,(H,14,15)(H,16,17). The highest BCUT2D eigenvalue weighted by atomic mass is 35.5. The molecule has 0 aliphatic heterocycles. The van der Waals surface area contributed by atoms with E-state index in [1.54, 1.807) is 24.3 Å². The highest BCUT2D eigenvalue weighted by Gasteiger charge is 2.05. The van der Waals surface area contributed by atoms with E-state index in [4.69, 9.17) is 21.8 Å². The average molecular weight is 255 g/mol. The van der Waals surface area contributed by atoms with E-state index in [2.05, 4.69) is 0 Å². The Morgan fingerprint density at radius 1 is 1.24 bits per heavy atom. The van der Waals surface area contributed by atoms with Crippen molar-refractivity contribution in [3.63, 3.8) is 0 Å². The maximum absolute atomic E-state index is 10.6. The van der Waals surface area contributed by atoms with Gasteiger partial charge in [0.25, 0.3) is 0 Å². The van der Waals surface area contributed by atoms with Crippen molar-refractivity contribution in [2.75, 3.05) is 0 Å². The molecule has 5 heteroatoms. The molecule has 0 bridgehead atoms. The maximum atomic E-state index is 10.6. The molecule has 0 radical (unpaired) electrons. The Kier molecular flexibility index (Phi) is 4.72. The second kappa shape index (κ2) is 6.06. The minimum absolute atomic E-state index is 0.112. The average Bonchev–Trinajstić information content (AvgIpc) is 2.21. The van der Waals surface area contributed by atoms with E-state index in [-0.39, 0.29) is 12.8 Å². The van der Waals surface area contributed by atoms with Crippen LogP contribution in [0.25, 0.3) is 6.08 Å². The molecule has 17 heavy (non-hydrogen) atoms. The fourth-order valence-corrected chi connectivity index (χ4v) is 1.51. The summed E-state index contributed by atoms with van der Waals surface area (Å²) < 4.78 is 0. The van der Waals surface area contributed by atoms with E-state index >= 15 is 0 Å². The lowest BCUT2D eigenvalue weighted by Gasteiger charge is -2.03. The van der Waals surface area contributed by atoms with Gasteiger partial charge >= 0.3 is 11.9 Å². The van der Waals surface area contributed by atoms with Crippen LogP contribution in [0.2, 0.25) is 5.02 Å². The summed E-state index contributed by atoms with van der Waals surface area (Å²) in [5, 5.41) is 17.7. The summed E-state index contributed by atoms with van der Waals surface area (Å²) in [6.45, 7) is 0. The first-order chi connectivity index (χ1) is 7.99. The minimum atomic E-state index is -0.944. The van der Waals surface area contributed by atoms with Gasteiger partial charge in [-0.05, 0) is 23.3 Å². The predicted molar refractivity (Wildman–Crippen MR) is 64.1 cm³/mol. The number of halogens is 1. The highest BCUT2D eigenvalue weighted by Crippen LogP contribution is 2.18. The number of carbonyl (C=O) groups is 2. The van der Waals surface area contributed by atoms with Crippen LogP contribution in [0.5, 0.6) is 0 Å². The van der Waals surface area contributed by atoms with Crippen molar-refractivity contribution >= 4 is 29.6 Å². The van der Waals surface area contributed by atoms with Crippen molar-refractivity contribution in [3.8, 4) is 0 Å². The van der Waals surface area contributed by atoms with Gasteiger partial charge in [0.15, 0.2) is 0 Å². The Morgan fingerprint density at radius 2 is 1.94 bits per heavy atom. The topological polar surface area (TPSA) is 74.6 Å². The molecule has 0 saturated carbocycles. The van der Waals surface area contributed by atoms with Crippen LogP contribution in [0.4, 0.5) is 0 Å². The molecule has 4 nitrogen and oxygen atoms in total. The third-order valence-corrected chi connectivity index (χ3v) is 2.27. The molecule has 0 unspecified atom stereocenters. The first-order valence-electron chi connectivity index (χ1n) is 4.87. The molecular formula is C12H11ClO4. The molecular weight excluding hydrogens is 244 g/mol. The fourth-order valence-electron chi connectivity index (χ4n) is 1.33. The molecule has 0 aliphatic rings. The Bertz CT molecular complexity index is 466. The summed E-state index contributed by atoms with van der Waals surface area (Å²) in [5.74, 6) is -1.89. The Morgan fingerprint density at radius 3 is 2.53 bits per heavy atom. The first-order valence-corrected chi connectivity index (χ1v) is 5.25. The van der Waals surface area contributed by atoms with Crippen molar-refractivity contribution in [2.24, 2.45) is 0 Å². The Labute approximate surface area is 103 Å². The van der Waals surface area contributed by atoms with Gasteiger partial charge in [-0.2, -0.15) is 0 Å². The zero-order valence-electron chi connectivity index (χ0n) is 8.89. The molecule has 0 amide bonds. The quantitative estimate of drug-likeness (QED) is 0.846. The summed E-state index contributed by atoms with van der Waals surface area (Å²) in [4.78, 5) is 21.0. The van der Waals surface area contributed by atoms with Crippen molar-refractivity contribution in [1.29, 1.82) is 0 Å². The molecule has 0 atom stereocenters. The second-order valence-corrected chi connectivity index (χ2v) is 3.85. The third kappa shape index (κ3) is 4.70. The number of benzene rings is 1. The Balaban J connectivity index is 2.94. The van der Waals surface area contributed by atoms with Gasteiger partial charge in [0, 0.05) is 5.02 Å². The number of rotatable bonds is 5. The van der Waals surface area contributed by atoms with E-state index in [1.807, 2.05) is 0 Å². The van der Waals surface area contributed by atoms with E-state index in [1.165, 1.54) is 6.08 Å². The van der Waals surface area contributed by atoms with Crippen LogP contribution in [0.15, 0.2) is 24.3 Å². The molecule has 0 fully saturated rings. The largest absolute Gasteiger partial charge is 0.481 e. The molecule has 0 saturated heterocycles. The van der Waals surface area contributed by atoms with Gasteiger partial charge in [-0.25, -0.2) is 0 Å². The molecule has 1 rings (SSSR count). The van der Waals surface area contributed by atoms with Gasteiger partial charge in [-0.15, -0.1) is 0 Å². The van der Waals surface area contributed by atoms with E-state index < -0.39 is 11.9 Å². The SMILES string of the molecule is O=C(O)CC=Cc1cc(Cl)ccc1CC(=O)O. The molecule has 90 valence electrons. The molecule has 0 heterocycles. The Hall–Kier alpha value is -1.81. The summed E-state index contributed by atoms with van der Waals surface area (Å²) in [6, 6.07) is 4.84. The molecule has 0 aromatic heterocycles. The highest BCUT2D eigenvalue weighted by molar-refractivity contribution is 6.30. The summed E-state index contributed by atoms with van der Waals surface area (Å²) in [5.41, 5.74) is 1.23. The molecule has 2 N–H and O–H groups in total. The van der Waals surface area contributed by atoms with Gasteiger partial charge in [-0.3, -0.25) is 9.59 Å². The van der Waals surface area contributed by atoms with E-state index in [0.717, 1.165) is 0 Å². The zero-order valence-corrected chi connectivity index (χ0v) is 9.65. The zero-order chi connectivity index (χ0) is 12.8. The van der Waals surface area contributed by atoms with Crippen LogP contribution in [-0.2, 0) is 16.0 Å². The van der Waals surface area contributed by atoms with E-state index in [9.17, 15) is 9.59 Å². The van der Waals surface area contributed by atoms with Crippen LogP contribution in [0.1, 0.15) is 17.5 Å². The third-order valence-electron chi connectivity index (χ3n) is 2.04. The van der Waals surface area contributed by atoms with Crippen molar-refractivity contribution in [3.05, 3.63) is 40.4 Å². The smallest absolute Gasteiger partial charge is 0.307 e. The number of carboxylic acids is 2. The normalized spacial score (nSPS) is 10.6. The monoisotopic (exact) mass is 254 g/mol. The van der Waals surface area contributed by atoms with E-state index in [0.29, 0.717) is 16.1 Å². The van der Waals surface area contributed by atoms with Gasteiger partial charge in [0.2, 0.25) is 0 Å². The molecule has 0 spiro atoms. The lowest BCUT2D eigenvalue weighted by Crippen LogP contribution is -2.01. The number of carboxylic acid groups (broad SMARTS) is 2. The van der Waals surface area contributed by atoms with Crippen LogP contribution in [-0.4, -0.2) is 22.2 Å². The molecule has 0 aliphatic carbocycles.